The van der Waals surface area contributed by atoms with Gasteiger partial charge < -0.3 is 14.6 Å². The number of hydrogen-bond donors (Lipinski definition) is 1. The van der Waals surface area contributed by atoms with Crippen molar-refractivity contribution in [2.24, 2.45) is 11.8 Å². The van der Waals surface area contributed by atoms with Gasteiger partial charge in [0.25, 0.3) is 0 Å². The molecule has 0 aromatic rings. The fourth-order valence-corrected chi connectivity index (χ4v) is 2.12. The van der Waals surface area contributed by atoms with Crippen molar-refractivity contribution < 1.29 is 14.6 Å². The third-order valence-corrected chi connectivity index (χ3v) is 3.02. The first kappa shape index (κ1) is 8.88. The van der Waals surface area contributed by atoms with Crippen molar-refractivity contribution in [3.8, 4) is 0 Å². The van der Waals surface area contributed by atoms with E-state index >= 15 is 0 Å². The summed E-state index contributed by atoms with van der Waals surface area (Å²) >= 11 is 0. The van der Waals surface area contributed by atoms with Crippen LogP contribution in [0.3, 0.4) is 0 Å². The van der Waals surface area contributed by atoms with Crippen molar-refractivity contribution >= 4 is 0 Å². The summed E-state index contributed by atoms with van der Waals surface area (Å²) in [6, 6.07) is 0. The van der Waals surface area contributed by atoms with Crippen LogP contribution in [0.4, 0.5) is 0 Å². The van der Waals surface area contributed by atoms with E-state index in [1.165, 1.54) is 0 Å². The van der Waals surface area contributed by atoms with Crippen LogP contribution >= 0.6 is 0 Å². The van der Waals surface area contributed by atoms with Crippen molar-refractivity contribution in [2.75, 3.05) is 6.61 Å². The second-order valence-corrected chi connectivity index (χ2v) is 3.88. The number of aliphatic hydroxyl groups excluding tert-OH is 1. The maximum Gasteiger partial charge on any atom is 0.242 e. The molecule has 0 radical (unpaired) electrons. The largest absolute Gasteiger partial charge is 0.459 e. The topological polar surface area (TPSA) is 38.7 Å². The molecule has 1 aliphatic heterocycles. The predicted octanol–water partition coefficient (Wildman–Crippen LogP) is 1.63. The Hall–Kier alpha value is -0.700. The minimum atomic E-state index is -0.0559. The van der Waals surface area contributed by atoms with Gasteiger partial charge in [-0.1, -0.05) is 0 Å². The van der Waals surface area contributed by atoms with Gasteiger partial charge in [0.15, 0.2) is 0 Å². The molecular formula is C10H16O3. The van der Waals surface area contributed by atoms with Crippen molar-refractivity contribution in [2.45, 2.75) is 32.0 Å². The van der Waals surface area contributed by atoms with E-state index in [0.29, 0.717) is 18.4 Å². The van der Waals surface area contributed by atoms with Crippen LogP contribution < -0.4 is 0 Å². The molecule has 0 spiro atoms. The van der Waals surface area contributed by atoms with Crippen LogP contribution in [0.15, 0.2) is 12.5 Å². The van der Waals surface area contributed by atoms with Gasteiger partial charge in [0.05, 0.1) is 0 Å². The number of rotatable bonds is 2. The first-order valence-corrected chi connectivity index (χ1v) is 4.97. The van der Waals surface area contributed by atoms with E-state index in [9.17, 15) is 0 Å². The highest BCUT2D eigenvalue weighted by molar-refractivity contribution is 4.80. The predicted molar refractivity (Wildman–Crippen MR) is 47.6 cm³/mol. The van der Waals surface area contributed by atoms with Crippen LogP contribution in [0.5, 0.6) is 0 Å². The molecule has 1 aliphatic carbocycles. The Kier molecular flexibility index (Phi) is 2.74. The van der Waals surface area contributed by atoms with Gasteiger partial charge in [-0.2, -0.15) is 0 Å². The van der Waals surface area contributed by atoms with Crippen LogP contribution in [-0.2, 0) is 9.47 Å². The molecule has 0 saturated heterocycles. The summed E-state index contributed by atoms with van der Waals surface area (Å²) in [5.41, 5.74) is 0. The van der Waals surface area contributed by atoms with Crippen LogP contribution in [0.2, 0.25) is 0 Å². The van der Waals surface area contributed by atoms with Gasteiger partial charge in [-0.3, -0.25) is 0 Å². The molecule has 1 heterocycles. The minimum Gasteiger partial charge on any atom is -0.459 e. The van der Waals surface area contributed by atoms with Gasteiger partial charge in [-0.05, 0) is 31.6 Å². The first-order valence-electron chi connectivity index (χ1n) is 4.97. The molecule has 0 unspecified atom stereocenters. The normalized spacial score (nSPS) is 34.2. The molecule has 74 valence electrons. The Morgan fingerprint density at radius 2 is 1.69 bits per heavy atom. The van der Waals surface area contributed by atoms with E-state index in [1.807, 2.05) is 0 Å². The Morgan fingerprint density at radius 3 is 2.23 bits per heavy atom. The van der Waals surface area contributed by atoms with E-state index < -0.39 is 0 Å². The summed E-state index contributed by atoms with van der Waals surface area (Å²) in [7, 11) is 0. The molecule has 3 nitrogen and oxygen atoms in total. The summed E-state index contributed by atoms with van der Waals surface area (Å²) < 4.78 is 10.6. The lowest BCUT2D eigenvalue weighted by Gasteiger charge is -2.29. The molecule has 0 aromatic carbocycles. The highest BCUT2D eigenvalue weighted by Gasteiger charge is 2.30. The number of ether oxygens (including phenoxy) is 2. The zero-order valence-electron chi connectivity index (χ0n) is 7.69. The van der Waals surface area contributed by atoms with Crippen molar-refractivity contribution in [3.63, 3.8) is 0 Å². The van der Waals surface area contributed by atoms with Crippen molar-refractivity contribution in [1.82, 2.24) is 0 Å². The standard InChI is InChI=1S/C10H16O3/c11-7-8-1-3-9(4-2-8)10-12-5-6-13-10/h5-6,8-11H,1-4,7H2. The van der Waals surface area contributed by atoms with Gasteiger partial charge in [-0.25, -0.2) is 0 Å². The van der Waals surface area contributed by atoms with Gasteiger partial charge >= 0.3 is 0 Å². The SMILES string of the molecule is OCC1CCC(C2OC=CO2)CC1. The summed E-state index contributed by atoms with van der Waals surface area (Å²) in [5.74, 6) is 1.02. The first-order chi connectivity index (χ1) is 6.40. The zero-order chi connectivity index (χ0) is 9.10. The summed E-state index contributed by atoms with van der Waals surface area (Å²) in [4.78, 5) is 0. The molecule has 3 heteroatoms. The summed E-state index contributed by atoms with van der Waals surface area (Å²) in [6.07, 6.45) is 7.59. The van der Waals surface area contributed by atoms with Gasteiger partial charge in [0, 0.05) is 12.5 Å². The van der Waals surface area contributed by atoms with E-state index in [0.717, 1.165) is 25.7 Å². The van der Waals surface area contributed by atoms with E-state index in [-0.39, 0.29) is 6.29 Å². The van der Waals surface area contributed by atoms with Gasteiger partial charge in [0.1, 0.15) is 12.5 Å². The van der Waals surface area contributed by atoms with Crippen molar-refractivity contribution in [1.29, 1.82) is 0 Å². The Labute approximate surface area is 78.3 Å². The van der Waals surface area contributed by atoms with E-state index in [1.54, 1.807) is 12.5 Å². The highest BCUT2D eigenvalue weighted by atomic mass is 16.7. The number of hydrogen-bond acceptors (Lipinski definition) is 3. The van der Waals surface area contributed by atoms with Crippen molar-refractivity contribution in [3.05, 3.63) is 12.5 Å². The maximum atomic E-state index is 8.97. The summed E-state index contributed by atoms with van der Waals surface area (Å²) in [5, 5.41) is 8.97. The van der Waals surface area contributed by atoms with Gasteiger partial charge in [-0.15, -0.1) is 0 Å². The Bertz CT molecular complexity index is 175. The molecule has 0 atom stereocenters. The second-order valence-electron chi connectivity index (χ2n) is 3.88. The molecule has 2 aliphatic rings. The van der Waals surface area contributed by atoms with Crippen LogP contribution in [0.25, 0.3) is 0 Å². The maximum absolute atomic E-state index is 8.97. The number of aliphatic hydroxyl groups is 1. The van der Waals surface area contributed by atoms with E-state index in [4.69, 9.17) is 14.6 Å². The minimum absolute atomic E-state index is 0.0559. The quantitative estimate of drug-likeness (QED) is 0.709. The lowest BCUT2D eigenvalue weighted by Crippen LogP contribution is -2.27. The van der Waals surface area contributed by atoms with Gasteiger partial charge in [0.2, 0.25) is 6.29 Å². The molecule has 1 saturated carbocycles. The zero-order valence-corrected chi connectivity index (χ0v) is 7.69. The highest BCUT2D eigenvalue weighted by Crippen LogP contribution is 2.33. The average molecular weight is 184 g/mol. The lowest BCUT2D eigenvalue weighted by atomic mass is 9.82. The molecule has 0 bridgehead atoms. The third-order valence-electron chi connectivity index (χ3n) is 3.02. The van der Waals surface area contributed by atoms with Crippen LogP contribution in [0.1, 0.15) is 25.7 Å². The molecular weight excluding hydrogens is 168 g/mol. The average Bonchev–Trinajstić information content (AvgIpc) is 2.71. The smallest absolute Gasteiger partial charge is 0.242 e. The van der Waals surface area contributed by atoms with Crippen LogP contribution in [0, 0.1) is 11.8 Å². The Balaban J connectivity index is 1.77. The molecule has 2 rings (SSSR count). The molecule has 1 fully saturated rings. The fourth-order valence-electron chi connectivity index (χ4n) is 2.12. The Morgan fingerprint density at radius 1 is 1.08 bits per heavy atom. The monoisotopic (exact) mass is 184 g/mol. The summed E-state index contributed by atoms with van der Waals surface area (Å²) in [6.45, 7) is 0.331. The second kappa shape index (κ2) is 4.01. The molecule has 0 aromatic heterocycles. The van der Waals surface area contributed by atoms with E-state index in [2.05, 4.69) is 0 Å². The lowest BCUT2D eigenvalue weighted by molar-refractivity contribution is -0.0811. The fraction of sp³-hybridized carbons (Fsp3) is 0.800. The third kappa shape index (κ3) is 1.97. The molecule has 1 N–H and O–H groups in total. The molecule has 13 heavy (non-hydrogen) atoms. The van der Waals surface area contributed by atoms with Crippen LogP contribution in [-0.4, -0.2) is 18.0 Å². The molecule has 0 amide bonds.